The molecule has 6 aliphatic rings. The fraction of sp³-hybridized carbons (Fsp3) is 0.238. The molecule has 5 bridgehead atoms. The van der Waals surface area contributed by atoms with Gasteiger partial charge in [-0.2, -0.15) is 0 Å². The highest BCUT2D eigenvalue weighted by Crippen LogP contribution is 2.61. The van der Waals surface area contributed by atoms with Gasteiger partial charge in [-0.05, 0) is 36.4 Å². The van der Waals surface area contributed by atoms with Gasteiger partial charge in [-0.25, -0.2) is 14.4 Å². The van der Waals surface area contributed by atoms with Gasteiger partial charge in [0.05, 0.1) is 28.2 Å². The van der Waals surface area contributed by atoms with Crippen LogP contribution in [-0.4, -0.2) is 161 Å². The molecule has 5 aliphatic heterocycles. The second-order valence-corrected chi connectivity index (χ2v) is 16.2. The SMILES string of the molecule is O=C(OC1OC2COC(=O)c3cc(O)c(O)c(O)c3-c3cc(c(O)c(O)c3O)C(=O)C34OC2C(O3)C1OC(=O)c1cc(O)c(O)c2c1C1C(=CC(=O)C(O)(O)C1(O)O2)C4=O)c1cc(O)c(O)c(O)c1. The highest BCUT2D eigenvalue weighted by atomic mass is 16.8. The number of esters is 3. The van der Waals surface area contributed by atoms with E-state index in [1.54, 1.807) is 0 Å². The van der Waals surface area contributed by atoms with E-state index in [9.17, 15) is 90.7 Å². The summed E-state index contributed by atoms with van der Waals surface area (Å²) in [5, 5.41) is 152. The van der Waals surface area contributed by atoms with Crippen LogP contribution in [0.2, 0.25) is 0 Å². The molecule has 4 aromatic carbocycles. The van der Waals surface area contributed by atoms with Crippen LogP contribution in [0.1, 0.15) is 52.9 Å². The van der Waals surface area contributed by atoms with Gasteiger partial charge in [0.1, 0.15) is 24.9 Å². The maximum absolute atomic E-state index is 15.6. The van der Waals surface area contributed by atoms with Crippen molar-refractivity contribution in [2.75, 3.05) is 6.61 Å². The maximum atomic E-state index is 15.6. The Morgan fingerprint density at radius 3 is 1.90 bits per heavy atom. The van der Waals surface area contributed by atoms with Crippen LogP contribution in [0, 0.1) is 0 Å². The van der Waals surface area contributed by atoms with Gasteiger partial charge in [0, 0.05) is 22.3 Å². The monoisotopic (exact) mass is 964 g/mol. The largest absolute Gasteiger partial charge is 0.504 e. The molecule has 2 fully saturated rings. The summed E-state index contributed by atoms with van der Waals surface area (Å²) >= 11 is 0. The van der Waals surface area contributed by atoms with Crippen LogP contribution in [0.5, 0.6) is 69.0 Å². The number of hydrogen-bond donors (Lipinski definition) is 14. The fourth-order valence-corrected chi connectivity index (χ4v) is 8.97. The van der Waals surface area contributed by atoms with Gasteiger partial charge >= 0.3 is 23.7 Å². The minimum absolute atomic E-state index is 0.123. The van der Waals surface area contributed by atoms with Crippen molar-refractivity contribution in [2.45, 2.75) is 54.0 Å². The normalized spacial score (nSPS) is 28.3. The number of Topliss-reactive ketones (excluding diaryl/α,β-unsaturated/α-hetero) is 2. The van der Waals surface area contributed by atoms with Crippen LogP contribution in [-0.2, 0) is 38.0 Å². The van der Waals surface area contributed by atoms with Crippen molar-refractivity contribution in [3.8, 4) is 80.1 Å². The molecule has 69 heavy (non-hydrogen) atoms. The fourth-order valence-electron chi connectivity index (χ4n) is 8.97. The number of benzene rings is 4. The van der Waals surface area contributed by atoms with Crippen LogP contribution in [0.25, 0.3) is 11.1 Å². The van der Waals surface area contributed by atoms with Gasteiger partial charge in [0.25, 0.3) is 11.6 Å². The molecule has 0 saturated carbocycles. The highest BCUT2D eigenvalue weighted by Gasteiger charge is 2.74. The molecule has 27 heteroatoms. The number of aromatic hydroxyl groups is 11. The van der Waals surface area contributed by atoms with Crippen LogP contribution >= 0.6 is 0 Å². The molecule has 2 saturated heterocycles. The van der Waals surface area contributed by atoms with E-state index in [-0.39, 0.29) is 6.08 Å². The Hall–Kier alpha value is -8.60. The minimum atomic E-state index is -4.13. The topological polar surface area (TPSA) is 450 Å². The molecule has 0 aromatic heterocycles. The number of carbonyl (C=O) groups excluding carboxylic acids is 6. The zero-order valence-corrected chi connectivity index (χ0v) is 33.7. The standard InChI is InChI=1S/C42H28O27/c43-14-1-8(2-15(44)25(14)50)36(57)66-39-33-32-30-18(64-39)7-63-37(58)10-4-16(45)26(51)28(53)20(10)9-3-13(24(49)29(54)23(9)48)35(56)40(67-30,68-32)34(55)12-6-19(47)41(60,61)42(62)22(12)21-11(38(59)65-33)5-17(46)27(52)31(21)69-42/h1-6,18,22,30,32-33,39,43-46,48-54,60-62H,7H2. The van der Waals surface area contributed by atoms with E-state index in [1.165, 1.54) is 0 Å². The predicted molar refractivity (Wildman–Crippen MR) is 207 cm³/mol. The molecule has 8 atom stereocenters. The lowest BCUT2D eigenvalue weighted by molar-refractivity contribution is -0.323. The van der Waals surface area contributed by atoms with Gasteiger partial charge in [0.15, 0.2) is 57.8 Å². The molecule has 27 nitrogen and oxygen atoms in total. The van der Waals surface area contributed by atoms with Crippen LogP contribution in [0.4, 0.5) is 0 Å². The first-order valence-corrected chi connectivity index (χ1v) is 19.6. The van der Waals surface area contributed by atoms with Crippen molar-refractivity contribution in [3.63, 3.8) is 0 Å². The van der Waals surface area contributed by atoms with E-state index in [0.29, 0.717) is 30.3 Å². The maximum Gasteiger partial charge on any atom is 0.340 e. The van der Waals surface area contributed by atoms with E-state index in [0.717, 1.165) is 0 Å². The quantitative estimate of drug-likeness (QED) is 0.0365. The van der Waals surface area contributed by atoms with E-state index in [2.05, 4.69) is 0 Å². The molecule has 10 rings (SSSR count). The van der Waals surface area contributed by atoms with Crippen molar-refractivity contribution in [1.29, 1.82) is 0 Å². The van der Waals surface area contributed by atoms with E-state index < -0.39 is 209 Å². The molecule has 14 N–H and O–H groups in total. The van der Waals surface area contributed by atoms with E-state index in [1.807, 2.05) is 0 Å². The zero-order valence-electron chi connectivity index (χ0n) is 33.7. The Kier molecular flexibility index (Phi) is 9.11. The predicted octanol–water partition coefficient (Wildman–Crippen LogP) is -1.31. The molecular formula is C42H28O27. The summed E-state index contributed by atoms with van der Waals surface area (Å²) in [6.45, 7) is -1.21. The molecule has 0 amide bonds. The van der Waals surface area contributed by atoms with E-state index in [4.69, 9.17) is 33.2 Å². The Morgan fingerprint density at radius 2 is 1.22 bits per heavy atom. The lowest BCUT2D eigenvalue weighted by atomic mass is 9.71. The first-order valence-electron chi connectivity index (χ1n) is 19.6. The van der Waals surface area contributed by atoms with Gasteiger partial charge in [-0.3, -0.25) is 14.4 Å². The summed E-state index contributed by atoms with van der Waals surface area (Å²) in [4.78, 5) is 86.8. The first-order chi connectivity index (χ1) is 32.3. The molecule has 1 spiro atoms. The number of ether oxygens (including phenoxy) is 7. The average Bonchev–Trinajstić information content (AvgIpc) is 3.87. The number of hydrogen-bond acceptors (Lipinski definition) is 27. The summed E-state index contributed by atoms with van der Waals surface area (Å²) in [6.07, 6.45) is -11.3. The van der Waals surface area contributed by atoms with Crippen molar-refractivity contribution in [2.24, 2.45) is 0 Å². The Balaban J connectivity index is 1.27. The third kappa shape index (κ3) is 5.76. The van der Waals surface area contributed by atoms with Gasteiger partial charge in [0.2, 0.25) is 40.9 Å². The number of fused-ring (bicyclic) bond motifs is 4. The van der Waals surface area contributed by atoms with Crippen LogP contribution in [0.15, 0.2) is 42.0 Å². The number of carbonyl (C=O) groups is 6. The highest BCUT2D eigenvalue weighted by molar-refractivity contribution is 6.25. The number of ketones is 3. The van der Waals surface area contributed by atoms with Crippen LogP contribution < -0.4 is 4.74 Å². The third-order valence-corrected chi connectivity index (χ3v) is 12.3. The van der Waals surface area contributed by atoms with E-state index >= 15 is 9.59 Å². The Bertz CT molecular complexity index is 3130. The Morgan fingerprint density at radius 1 is 0.609 bits per heavy atom. The Labute approximate surface area is 378 Å². The smallest absolute Gasteiger partial charge is 0.340 e. The van der Waals surface area contributed by atoms with Crippen molar-refractivity contribution < 1.29 is 133 Å². The molecular weight excluding hydrogens is 936 g/mol. The van der Waals surface area contributed by atoms with Crippen molar-refractivity contribution in [1.82, 2.24) is 0 Å². The summed E-state index contributed by atoms with van der Waals surface area (Å²) in [5.41, 5.74) is -8.41. The number of phenolic OH excluding ortho intramolecular Hbond substituents is 11. The molecule has 0 radical (unpaired) electrons. The summed E-state index contributed by atoms with van der Waals surface area (Å²) in [7, 11) is 0. The number of aliphatic hydroxyl groups is 3. The number of rotatable bonds is 2. The third-order valence-electron chi connectivity index (χ3n) is 12.3. The lowest BCUT2D eigenvalue weighted by Gasteiger charge is -2.42. The van der Waals surface area contributed by atoms with Crippen molar-refractivity contribution in [3.05, 3.63) is 69.8 Å². The molecule has 358 valence electrons. The summed E-state index contributed by atoms with van der Waals surface area (Å²) in [5.74, 6) is -41.2. The molecule has 8 unspecified atom stereocenters. The van der Waals surface area contributed by atoms with Gasteiger partial charge in [-0.15, -0.1) is 0 Å². The van der Waals surface area contributed by atoms with Crippen LogP contribution in [0.3, 0.4) is 0 Å². The summed E-state index contributed by atoms with van der Waals surface area (Å²) < 4.78 is 40.1. The first kappa shape index (κ1) is 44.2. The second-order valence-electron chi connectivity index (χ2n) is 16.2. The second kappa shape index (κ2) is 14.2. The van der Waals surface area contributed by atoms with Gasteiger partial charge in [-0.1, -0.05) is 0 Å². The zero-order chi connectivity index (χ0) is 49.9. The lowest BCUT2D eigenvalue weighted by Crippen LogP contribution is -2.67. The van der Waals surface area contributed by atoms with Gasteiger partial charge < -0.3 is 105 Å². The van der Waals surface area contributed by atoms with Crippen molar-refractivity contribution >= 4 is 35.3 Å². The minimum Gasteiger partial charge on any atom is -0.504 e. The average molecular weight is 965 g/mol. The molecule has 4 aromatic rings. The number of phenols is 11. The molecule has 1 aliphatic carbocycles. The molecule has 5 heterocycles. The number of cyclic esters (lactones) is 1. The summed E-state index contributed by atoms with van der Waals surface area (Å²) in [6, 6.07) is 2.50.